The van der Waals surface area contributed by atoms with Crippen LogP contribution in [0.15, 0.2) is 60.7 Å². The number of aryl methyl sites for hydroxylation is 1. The SMILES string of the molecule is CC(=O)N(C1CC(CN2CCC(CCCc3ccccc3)CC2)C(c2ccccc2)C1)C1CCCCC1C1CCCCC1. The Labute approximate surface area is 262 Å². The van der Waals surface area contributed by atoms with Crippen molar-refractivity contribution in [3.63, 3.8) is 0 Å². The van der Waals surface area contributed by atoms with Gasteiger partial charge in [-0.3, -0.25) is 4.79 Å². The number of rotatable bonds is 10. The summed E-state index contributed by atoms with van der Waals surface area (Å²) in [5, 5.41) is 0. The maximum absolute atomic E-state index is 13.5. The van der Waals surface area contributed by atoms with Crippen molar-refractivity contribution in [1.82, 2.24) is 9.80 Å². The molecule has 3 saturated carbocycles. The van der Waals surface area contributed by atoms with Gasteiger partial charge in [0.05, 0.1) is 0 Å². The molecular formula is C40H58N2O. The van der Waals surface area contributed by atoms with E-state index in [9.17, 15) is 4.79 Å². The number of piperidine rings is 1. The highest BCUT2D eigenvalue weighted by atomic mass is 16.2. The first-order valence-corrected chi connectivity index (χ1v) is 18.3. The monoisotopic (exact) mass is 582 g/mol. The van der Waals surface area contributed by atoms with Crippen LogP contribution in [-0.4, -0.2) is 47.4 Å². The number of amides is 1. The van der Waals surface area contributed by atoms with E-state index in [1.807, 2.05) is 6.92 Å². The molecule has 5 unspecified atom stereocenters. The highest BCUT2D eigenvalue weighted by Crippen LogP contribution is 2.47. The fourth-order valence-corrected chi connectivity index (χ4v) is 10.0. The zero-order valence-electron chi connectivity index (χ0n) is 27.1. The van der Waals surface area contributed by atoms with E-state index in [1.165, 1.54) is 127 Å². The Balaban J connectivity index is 1.10. The lowest BCUT2D eigenvalue weighted by molar-refractivity contribution is -0.137. The predicted molar refractivity (Wildman–Crippen MR) is 179 cm³/mol. The van der Waals surface area contributed by atoms with Gasteiger partial charge in [0.25, 0.3) is 0 Å². The second-order valence-electron chi connectivity index (χ2n) is 14.9. The fourth-order valence-electron chi connectivity index (χ4n) is 10.0. The molecule has 3 nitrogen and oxygen atoms in total. The normalized spacial score (nSPS) is 29.5. The Morgan fingerprint density at radius 1 is 0.791 bits per heavy atom. The van der Waals surface area contributed by atoms with Crippen molar-refractivity contribution in [2.24, 2.45) is 23.7 Å². The minimum Gasteiger partial charge on any atom is -0.337 e. The first-order valence-electron chi connectivity index (χ1n) is 18.3. The third kappa shape index (κ3) is 7.94. The van der Waals surface area contributed by atoms with Crippen molar-refractivity contribution in [1.29, 1.82) is 0 Å². The molecule has 43 heavy (non-hydrogen) atoms. The Bertz CT molecular complexity index is 1100. The topological polar surface area (TPSA) is 23.6 Å². The number of nitrogens with zero attached hydrogens (tertiary/aromatic N) is 2. The van der Waals surface area contributed by atoms with Crippen LogP contribution in [0.1, 0.15) is 120 Å². The molecule has 1 aliphatic heterocycles. The number of hydrogen-bond donors (Lipinski definition) is 0. The average Bonchev–Trinajstić information content (AvgIpc) is 3.46. The Hall–Kier alpha value is -2.13. The summed E-state index contributed by atoms with van der Waals surface area (Å²) in [5.41, 5.74) is 2.99. The molecule has 0 N–H and O–H groups in total. The molecule has 0 spiro atoms. The molecule has 6 rings (SSSR count). The lowest BCUT2D eigenvalue weighted by atomic mass is 9.70. The van der Waals surface area contributed by atoms with Gasteiger partial charge in [-0.1, -0.05) is 112 Å². The molecule has 0 bridgehead atoms. The third-order valence-corrected chi connectivity index (χ3v) is 12.2. The van der Waals surface area contributed by atoms with Crippen LogP contribution in [-0.2, 0) is 11.2 Å². The molecule has 4 fully saturated rings. The fraction of sp³-hybridized carbons (Fsp3) is 0.675. The molecule has 1 amide bonds. The van der Waals surface area contributed by atoms with E-state index in [-0.39, 0.29) is 0 Å². The Morgan fingerprint density at radius 3 is 2.19 bits per heavy atom. The molecular weight excluding hydrogens is 524 g/mol. The van der Waals surface area contributed by atoms with Crippen molar-refractivity contribution in [2.45, 2.75) is 128 Å². The summed E-state index contributed by atoms with van der Waals surface area (Å²) in [5.74, 6) is 4.01. The predicted octanol–water partition coefficient (Wildman–Crippen LogP) is 9.27. The zero-order chi connectivity index (χ0) is 29.4. The summed E-state index contributed by atoms with van der Waals surface area (Å²) < 4.78 is 0. The lowest BCUT2D eigenvalue weighted by Crippen LogP contribution is -2.51. The van der Waals surface area contributed by atoms with Crippen LogP contribution >= 0.6 is 0 Å². The summed E-state index contributed by atoms with van der Waals surface area (Å²) >= 11 is 0. The molecule has 4 aliphatic rings. The van der Waals surface area contributed by atoms with Gasteiger partial charge in [-0.15, -0.1) is 0 Å². The van der Waals surface area contributed by atoms with Crippen LogP contribution in [0.5, 0.6) is 0 Å². The van der Waals surface area contributed by atoms with Gasteiger partial charge in [0, 0.05) is 25.6 Å². The minimum atomic E-state index is 0.349. The smallest absolute Gasteiger partial charge is 0.219 e. The van der Waals surface area contributed by atoms with E-state index in [1.54, 1.807) is 0 Å². The molecule has 0 aromatic heterocycles. The Kier molecular flexibility index (Phi) is 10.9. The van der Waals surface area contributed by atoms with Gasteiger partial charge in [0.15, 0.2) is 0 Å². The summed E-state index contributed by atoms with van der Waals surface area (Å²) in [7, 11) is 0. The summed E-state index contributed by atoms with van der Waals surface area (Å²) in [6.07, 6.45) is 21.2. The second kappa shape index (κ2) is 15.2. The summed E-state index contributed by atoms with van der Waals surface area (Å²) in [6.45, 7) is 5.60. The number of carbonyl (C=O) groups excluding carboxylic acids is 1. The summed E-state index contributed by atoms with van der Waals surface area (Å²) in [6, 6.07) is 23.2. The molecule has 0 radical (unpaired) electrons. The number of likely N-dealkylation sites (tertiary alicyclic amines) is 1. The molecule has 1 saturated heterocycles. The molecule has 2 aromatic carbocycles. The quantitative estimate of drug-likeness (QED) is 0.279. The number of benzene rings is 2. The lowest BCUT2D eigenvalue weighted by Gasteiger charge is -2.46. The van der Waals surface area contributed by atoms with Crippen LogP contribution in [0.4, 0.5) is 0 Å². The molecule has 1 heterocycles. The van der Waals surface area contributed by atoms with Gasteiger partial charge in [-0.2, -0.15) is 0 Å². The van der Waals surface area contributed by atoms with Crippen molar-refractivity contribution >= 4 is 5.91 Å². The minimum absolute atomic E-state index is 0.349. The maximum atomic E-state index is 13.5. The van der Waals surface area contributed by atoms with E-state index in [4.69, 9.17) is 0 Å². The van der Waals surface area contributed by atoms with Gasteiger partial charge >= 0.3 is 0 Å². The van der Waals surface area contributed by atoms with E-state index in [0.717, 1.165) is 24.2 Å². The van der Waals surface area contributed by atoms with E-state index < -0.39 is 0 Å². The van der Waals surface area contributed by atoms with Gasteiger partial charge in [0.2, 0.25) is 5.91 Å². The van der Waals surface area contributed by atoms with E-state index >= 15 is 0 Å². The van der Waals surface area contributed by atoms with Crippen molar-refractivity contribution < 1.29 is 4.79 Å². The third-order valence-electron chi connectivity index (χ3n) is 12.2. The molecule has 2 aromatic rings. The van der Waals surface area contributed by atoms with Crippen LogP contribution in [0.2, 0.25) is 0 Å². The first-order chi connectivity index (χ1) is 21.2. The van der Waals surface area contributed by atoms with Crippen molar-refractivity contribution in [3.8, 4) is 0 Å². The van der Waals surface area contributed by atoms with Gasteiger partial charge in [0.1, 0.15) is 0 Å². The highest BCUT2D eigenvalue weighted by molar-refractivity contribution is 5.74. The largest absolute Gasteiger partial charge is 0.337 e. The standard InChI is InChI=1S/C40H58N2O/c1-31(43)42(40-23-12-11-22-38(40)34-18-7-3-8-19-34)37-28-36(39(29-37)35-20-9-4-10-21-35)30-41-26-24-33(25-27-41)17-13-16-32-14-5-2-6-15-32/h2,4-6,9-10,14-15,20-21,33-34,36-40H,3,7-8,11-13,16-19,22-30H2,1H3. The molecule has 3 aliphatic carbocycles. The molecule has 5 atom stereocenters. The second-order valence-corrected chi connectivity index (χ2v) is 14.9. The first kappa shape index (κ1) is 30.9. The van der Waals surface area contributed by atoms with Crippen LogP contribution < -0.4 is 0 Å². The average molecular weight is 583 g/mol. The highest BCUT2D eigenvalue weighted by Gasteiger charge is 2.45. The molecule has 3 heteroatoms. The van der Waals surface area contributed by atoms with E-state index in [2.05, 4.69) is 70.5 Å². The van der Waals surface area contributed by atoms with E-state index in [0.29, 0.717) is 29.8 Å². The van der Waals surface area contributed by atoms with Crippen LogP contribution in [0.25, 0.3) is 0 Å². The number of carbonyl (C=O) groups is 1. The van der Waals surface area contributed by atoms with Gasteiger partial charge < -0.3 is 9.80 Å². The van der Waals surface area contributed by atoms with Gasteiger partial charge in [-0.05, 0) is 105 Å². The summed E-state index contributed by atoms with van der Waals surface area (Å²) in [4.78, 5) is 18.8. The van der Waals surface area contributed by atoms with Gasteiger partial charge in [-0.25, -0.2) is 0 Å². The maximum Gasteiger partial charge on any atom is 0.219 e. The molecule has 234 valence electrons. The van der Waals surface area contributed by atoms with Crippen molar-refractivity contribution in [2.75, 3.05) is 19.6 Å². The zero-order valence-corrected chi connectivity index (χ0v) is 27.1. The Morgan fingerprint density at radius 2 is 1.47 bits per heavy atom. The van der Waals surface area contributed by atoms with Crippen molar-refractivity contribution in [3.05, 3.63) is 71.8 Å². The van der Waals surface area contributed by atoms with Crippen LogP contribution in [0, 0.1) is 23.7 Å². The van der Waals surface area contributed by atoms with Crippen LogP contribution in [0.3, 0.4) is 0 Å². The number of hydrogen-bond acceptors (Lipinski definition) is 2.